The SMILES string of the molecule is CCCCCCCCCc1ccc(-c2cnc(-c3ccc(OCC)c(F)c3)cn2)cc1. The molecule has 2 aromatic carbocycles. The van der Waals surface area contributed by atoms with E-state index in [2.05, 4.69) is 41.2 Å². The lowest BCUT2D eigenvalue weighted by atomic mass is 10.0. The predicted molar refractivity (Wildman–Crippen MR) is 126 cm³/mol. The Hall–Kier alpha value is -2.75. The minimum atomic E-state index is -0.387. The van der Waals surface area contributed by atoms with Gasteiger partial charge < -0.3 is 4.74 Å². The van der Waals surface area contributed by atoms with Gasteiger partial charge >= 0.3 is 0 Å². The molecule has 3 nitrogen and oxygen atoms in total. The van der Waals surface area contributed by atoms with E-state index in [-0.39, 0.29) is 11.6 Å². The van der Waals surface area contributed by atoms with Crippen molar-refractivity contribution in [1.82, 2.24) is 9.97 Å². The fraction of sp³-hybridized carbons (Fsp3) is 0.407. The highest BCUT2D eigenvalue weighted by atomic mass is 19.1. The van der Waals surface area contributed by atoms with Crippen LogP contribution in [0.5, 0.6) is 5.75 Å². The summed E-state index contributed by atoms with van der Waals surface area (Å²) >= 11 is 0. The second-order valence-electron chi connectivity index (χ2n) is 7.93. The van der Waals surface area contributed by atoms with Crippen LogP contribution in [0.3, 0.4) is 0 Å². The number of aryl methyl sites for hydroxylation is 1. The van der Waals surface area contributed by atoms with Crippen molar-refractivity contribution in [3.05, 3.63) is 66.2 Å². The molecule has 3 aromatic rings. The number of rotatable bonds is 12. The molecule has 0 aliphatic rings. The standard InChI is InChI=1S/C27H33FN2O/c1-3-5-6-7-8-9-10-11-21-12-14-22(15-13-21)25-19-30-26(20-29-25)23-16-17-27(31-4-2)24(28)18-23/h12-20H,3-11H2,1-2H3. The number of ether oxygens (including phenoxy) is 1. The summed E-state index contributed by atoms with van der Waals surface area (Å²) in [5.74, 6) is -0.130. The Kier molecular flexibility index (Phi) is 9.01. The summed E-state index contributed by atoms with van der Waals surface area (Å²) in [6.07, 6.45) is 13.9. The molecule has 3 rings (SSSR count). The summed E-state index contributed by atoms with van der Waals surface area (Å²) in [5, 5.41) is 0. The maximum absolute atomic E-state index is 14.1. The molecular formula is C27H33FN2O. The Morgan fingerprint density at radius 1 is 0.742 bits per heavy atom. The largest absolute Gasteiger partial charge is 0.491 e. The Morgan fingerprint density at radius 3 is 1.97 bits per heavy atom. The molecule has 0 unspecified atom stereocenters. The molecule has 0 saturated carbocycles. The average molecular weight is 421 g/mol. The van der Waals surface area contributed by atoms with Crippen molar-refractivity contribution in [2.24, 2.45) is 0 Å². The molecule has 4 heteroatoms. The van der Waals surface area contributed by atoms with Gasteiger partial charge in [0.1, 0.15) is 0 Å². The summed E-state index contributed by atoms with van der Waals surface area (Å²) in [6.45, 7) is 4.52. The molecular weight excluding hydrogens is 387 g/mol. The first kappa shape index (κ1) is 22.9. The smallest absolute Gasteiger partial charge is 0.165 e. The van der Waals surface area contributed by atoms with Crippen molar-refractivity contribution >= 4 is 0 Å². The zero-order valence-electron chi connectivity index (χ0n) is 18.7. The van der Waals surface area contributed by atoms with Crippen molar-refractivity contribution < 1.29 is 9.13 Å². The van der Waals surface area contributed by atoms with Gasteiger partial charge in [-0.15, -0.1) is 0 Å². The number of aromatic nitrogens is 2. The first-order valence-corrected chi connectivity index (χ1v) is 11.5. The van der Waals surface area contributed by atoms with Gasteiger partial charge in [0.15, 0.2) is 11.6 Å². The monoisotopic (exact) mass is 420 g/mol. The molecule has 1 heterocycles. The summed E-state index contributed by atoms with van der Waals surface area (Å²) in [4.78, 5) is 9.02. The third-order valence-corrected chi connectivity index (χ3v) is 5.50. The third kappa shape index (κ3) is 6.88. The highest BCUT2D eigenvalue weighted by Gasteiger charge is 2.08. The van der Waals surface area contributed by atoms with Crippen LogP contribution < -0.4 is 4.74 Å². The summed E-state index contributed by atoms with van der Waals surface area (Å²) in [5.41, 5.74) is 4.55. The van der Waals surface area contributed by atoms with E-state index in [1.165, 1.54) is 56.6 Å². The van der Waals surface area contributed by atoms with E-state index in [1.807, 2.05) is 6.92 Å². The second-order valence-corrected chi connectivity index (χ2v) is 7.93. The van der Waals surface area contributed by atoms with E-state index < -0.39 is 0 Å². The van der Waals surface area contributed by atoms with Gasteiger partial charge in [-0.3, -0.25) is 9.97 Å². The molecule has 0 radical (unpaired) electrons. The molecule has 31 heavy (non-hydrogen) atoms. The number of halogens is 1. The van der Waals surface area contributed by atoms with Crippen molar-refractivity contribution in [1.29, 1.82) is 0 Å². The average Bonchev–Trinajstić information content (AvgIpc) is 2.80. The van der Waals surface area contributed by atoms with Gasteiger partial charge in [-0.25, -0.2) is 4.39 Å². The first-order chi connectivity index (χ1) is 15.2. The van der Waals surface area contributed by atoms with E-state index in [1.54, 1.807) is 24.5 Å². The molecule has 0 aliphatic heterocycles. The molecule has 0 aliphatic carbocycles. The Morgan fingerprint density at radius 2 is 1.35 bits per heavy atom. The molecule has 0 N–H and O–H groups in total. The van der Waals surface area contributed by atoms with Crippen LogP contribution in [0.4, 0.5) is 4.39 Å². The van der Waals surface area contributed by atoms with Crippen LogP contribution in [0.15, 0.2) is 54.9 Å². The van der Waals surface area contributed by atoms with Crippen LogP contribution >= 0.6 is 0 Å². The van der Waals surface area contributed by atoms with Gasteiger partial charge in [-0.2, -0.15) is 0 Å². The minimum Gasteiger partial charge on any atom is -0.491 e. The van der Waals surface area contributed by atoms with E-state index in [4.69, 9.17) is 4.74 Å². The fourth-order valence-corrected chi connectivity index (χ4v) is 3.69. The number of nitrogens with zero attached hydrogens (tertiary/aromatic N) is 2. The molecule has 0 fully saturated rings. The van der Waals surface area contributed by atoms with E-state index in [0.29, 0.717) is 17.9 Å². The first-order valence-electron chi connectivity index (χ1n) is 11.5. The minimum absolute atomic E-state index is 0.257. The summed E-state index contributed by atoms with van der Waals surface area (Å²) < 4.78 is 19.4. The molecule has 0 bridgehead atoms. The van der Waals surface area contributed by atoms with E-state index in [9.17, 15) is 4.39 Å². The Bertz CT molecular complexity index is 923. The van der Waals surface area contributed by atoms with Crippen LogP contribution in [0, 0.1) is 5.82 Å². The highest BCUT2D eigenvalue weighted by Crippen LogP contribution is 2.25. The second kappa shape index (κ2) is 12.2. The van der Waals surface area contributed by atoms with Crippen LogP contribution in [0.1, 0.15) is 64.4 Å². The maximum Gasteiger partial charge on any atom is 0.165 e. The highest BCUT2D eigenvalue weighted by molar-refractivity contribution is 5.63. The number of benzene rings is 2. The van der Waals surface area contributed by atoms with Gasteiger partial charge in [0.2, 0.25) is 0 Å². The summed E-state index contributed by atoms with van der Waals surface area (Å²) in [7, 11) is 0. The number of unbranched alkanes of at least 4 members (excludes halogenated alkanes) is 6. The van der Waals surface area contributed by atoms with Crippen molar-refractivity contribution in [3.63, 3.8) is 0 Å². The lowest BCUT2D eigenvalue weighted by Gasteiger charge is -2.07. The van der Waals surface area contributed by atoms with Crippen molar-refractivity contribution in [2.45, 2.75) is 65.2 Å². The van der Waals surface area contributed by atoms with Crippen LogP contribution in [0.2, 0.25) is 0 Å². The van der Waals surface area contributed by atoms with Crippen LogP contribution in [-0.2, 0) is 6.42 Å². The van der Waals surface area contributed by atoms with Crippen LogP contribution in [0.25, 0.3) is 22.5 Å². The van der Waals surface area contributed by atoms with Crippen molar-refractivity contribution in [2.75, 3.05) is 6.61 Å². The topological polar surface area (TPSA) is 35.0 Å². The maximum atomic E-state index is 14.1. The Labute approximate surface area is 185 Å². The van der Waals surface area contributed by atoms with Gasteiger partial charge in [-0.05, 0) is 43.5 Å². The van der Waals surface area contributed by atoms with E-state index in [0.717, 1.165) is 17.7 Å². The Balaban J connectivity index is 1.54. The quantitative estimate of drug-likeness (QED) is 0.282. The lowest BCUT2D eigenvalue weighted by Crippen LogP contribution is -1.95. The molecule has 0 spiro atoms. The van der Waals surface area contributed by atoms with Gasteiger partial charge in [-0.1, -0.05) is 69.7 Å². The number of hydrogen-bond donors (Lipinski definition) is 0. The third-order valence-electron chi connectivity index (χ3n) is 5.50. The fourth-order valence-electron chi connectivity index (χ4n) is 3.69. The predicted octanol–water partition coefficient (Wildman–Crippen LogP) is 7.64. The molecule has 1 aromatic heterocycles. The zero-order chi connectivity index (χ0) is 21.9. The van der Waals surface area contributed by atoms with Crippen molar-refractivity contribution in [3.8, 4) is 28.3 Å². The van der Waals surface area contributed by atoms with Crippen LogP contribution in [-0.4, -0.2) is 16.6 Å². The van der Waals surface area contributed by atoms with Gasteiger partial charge in [0.25, 0.3) is 0 Å². The summed E-state index contributed by atoms with van der Waals surface area (Å²) in [6, 6.07) is 13.5. The van der Waals surface area contributed by atoms with Gasteiger partial charge in [0.05, 0.1) is 30.4 Å². The molecule has 0 saturated heterocycles. The normalized spacial score (nSPS) is 10.9. The lowest BCUT2D eigenvalue weighted by molar-refractivity contribution is 0.321. The molecule has 0 amide bonds. The van der Waals surface area contributed by atoms with E-state index >= 15 is 0 Å². The zero-order valence-corrected chi connectivity index (χ0v) is 18.7. The molecule has 0 atom stereocenters. The van der Waals surface area contributed by atoms with Gasteiger partial charge in [0, 0.05) is 11.1 Å². The number of hydrogen-bond acceptors (Lipinski definition) is 3. The molecule has 164 valence electrons.